The molecule has 0 bridgehead atoms. The van der Waals surface area contributed by atoms with E-state index in [0.29, 0.717) is 45.0 Å². The molecule has 2 aliphatic rings. The lowest BCUT2D eigenvalue weighted by Crippen LogP contribution is -2.66. The van der Waals surface area contributed by atoms with Crippen LogP contribution in [-0.2, 0) is 20.5 Å². The molecule has 2 fully saturated rings. The number of morpholine rings is 2. The average Bonchev–Trinajstić information content (AvgIpc) is 3.60. The maximum Gasteiger partial charge on any atom is 0.273 e. The van der Waals surface area contributed by atoms with Crippen LogP contribution in [0.1, 0.15) is 67.2 Å². The summed E-state index contributed by atoms with van der Waals surface area (Å²) >= 11 is 1.01. The number of hydrogen-bond donors (Lipinski definition) is 0. The highest BCUT2D eigenvalue weighted by atomic mass is 32.1. The molecule has 13 heteroatoms. The Morgan fingerprint density at radius 1 is 1.00 bits per heavy atom. The number of nitroso groups, excluding NO2 is 1. The number of nitrogens with zero attached hydrogens (tertiary/aromatic N) is 4. The first kappa shape index (κ1) is 36.9. The second-order valence-corrected chi connectivity index (χ2v) is 19.4. The first-order valence-electron chi connectivity index (χ1n) is 17.2. The van der Waals surface area contributed by atoms with Crippen molar-refractivity contribution < 1.29 is 27.5 Å². The van der Waals surface area contributed by atoms with E-state index in [0.717, 1.165) is 21.7 Å². The van der Waals surface area contributed by atoms with Gasteiger partial charge in [-0.2, -0.15) is 0 Å². The Labute approximate surface area is 302 Å². The van der Waals surface area contributed by atoms with E-state index in [1.165, 1.54) is 11.6 Å². The fraction of sp³-hybridized carbons (Fsp3) is 0.421. The summed E-state index contributed by atoms with van der Waals surface area (Å²) in [5.41, 5.74) is 1.58. The summed E-state index contributed by atoms with van der Waals surface area (Å²) < 4.78 is 51.9. The van der Waals surface area contributed by atoms with Gasteiger partial charge in [0.2, 0.25) is 0 Å². The minimum atomic E-state index is -3.12. The maximum absolute atomic E-state index is 16.8. The number of hydrogen-bond acceptors (Lipinski definition) is 9. The van der Waals surface area contributed by atoms with E-state index < -0.39 is 31.9 Å². The fourth-order valence-corrected chi connectivity index (χ4v) is 12.8. The van der Waals surface area contributed by atoms with E-state index >= 15 is 8.78 Å². The average molecular weight is 735 g/mol. The number of rotatable bonds is 10. The molecular formula is C38H44F2N4O5SSi. The third-order valence-electron chi connectivity index (χ3n) is 9.63. The van der Waals surface area contributed by atoms with E-state index in [4.69, 9.17) is 13.9 Å². The number of anilines is 1. The van der Waals surface area contributed by atoms with Crippen molar-refractivity contribution in [1.82, 2.24) is 9.88 Å². The number of benzene rings is 3. The van der Waals surface area contributed by atoms with Crippen LogP contribution in [0.3, 0.4) is 0 Å². The van der Waals surface area contributed by atoms with Crippen LogP contribution in [0.5, 0.6) is 0 Å². The van der Waals surface area contributed by atoms with Crippen molar-refractivity contribution in [1.29, 1.82) is 0 Å². The molecule has 51 heavy (non-hydrogen) atoms. The van der Waals surface area contributed by atoms with Gasteiger partial charge in [0, 0.05) is 37.3 Å². The molecule has 2 saturated heterocycles. The van der Waals surface area contributed by atoms with Gasteiger partial charge in [-0.15, -0.1) is 16.2 Å². The normalized spacial score (nSPS) is 19.2. The Kier molecular flexibility index (Phi) is 11.1. The Bertz CT molecular complexity index is 1790. The molecule has 3 unspecified atom stereocenters. The van der Waals surface area contributed by atoms with Gasteiger partial charge in [0.05, 0.1) is 48.1 Å². The van der Waals surface area contributed by atoms with Crippen molar-refractivity contribution >= 4 is 41.6 Å². The van der Waals surface area contributed by atoms with E-state index in [-0.39, 0.29) is 45.7 Å². The molecule has 1 aromatic heterocycles. The van der Waals surface area contributed by atoms with Crippen LogP contribution in [0, 0.1) is 16.5 Å². The zero-order valence-electron chi connectivity index (χ0n) is 29.6. The number of carbonyl (C=O) groups is 1. The lowest BCUT2D eigenvalue weighted by atomic mass is 9.98. The molecular weight excluding hydrogens is 691 g/mol. The molecule has 0 spiro atoms. The smallest absolute Gasteiger partial charge is 0.273 e. The first-order chi connectivity index (χ1) is 24.5. The number of ether oxygens (including phenoxy) is 2. The maximum atomic E-state index is 16.8. The Balaban J connectivity index is 1.49. The van der Waals surface area contributed by atoms with Crippen molar-refractivity contribution in [3.05, 3.63) is 110 Å². The second kappa shape index (κ2) is 15.4. The minimum Gasteiger partial charge on any atom is -0.403 e. The molecule has 0 saturated carbocycles. The molecule has 3 heterocycles. The van der Waals surface area contributed by atoms with Crippen molar-refractivity contribution in [2.24, 2.45) is 5.18 Å². The molecule has 3 aromatic carbocycles. The van der Waals surface area contributed by atoms with E-state index in [1.54, 1.807) is 9.80 Å². The van der Waals surface area contributed by atoms with Gasteiger partial charge in [0.1, 0.15) is 5.69 Å². The number of carbonyl (C=O) groups excluding carboxylic acids is 1. The van der Waals surface area contributed by atoms with E-state index in [1.807, 2.05) is 50.2 Å². The van der Waals surface area contributed by atoms with Gasteiger partial charge < -0.3 is 23.7 Å². The number of amides is 1. The van der Waals surface area contributed by atoms with Gasteiger partial charge in [-0.25, -0.2) is 13.8 Å². The van der Waals surface area contributed by atoms with Crippen LogP contribution in [-0.4, -0.2) is 75.7 Å². The second-order valence-electron chi connectivity index (χ2n) is 14.2. The zero-order chi connectivity index (χ0) is 36.3. The van der Waals surface area contributed by atoms with E-state index in [2.05, 4.69) is 55.2 Å². The molecule has 3 atom stereocenters. The summed E-state index contributed by atoms with van der Waals surface area (Å²) in [6.07, 6.45) is -0.478. The summed E-state index contributed by atoms with van der Waals surface area (Å²) in [7, 11) is -3.12. The molecule has 0 radical (unpaired) electrons. The molecule has 6 rings (SSSR count). The van der Waals surface area contributed by atoms with Crippen LogP contribution in [0.4, 0.5) is 14.5 Å². The Morgan fingerprint density at radius 2 is 1.59 bits per heavy atom. The minimum absolute atomic E-state index is 0.00340. The van der Waals surface area contributed by atoms with Crippen LogP contribution < -0.4 is 15.3 Å². The van der Waals surface area contributed by atoms with Crippen LogP contribution in [0.25, 0.3) is 0 Å². The summed E-state index contributed by atoms with van der Waals surface area (Å²) in [6, 6.07) is 20.1. The zero-order valence-corrected chi connectivity index (χ0v) is 31.4. The van der Waals surface area contributed by atoms with Crippen LogP contribution in [0.15, 0.2) is 77.4 Å². The van der Waals surface area contributed by atoms with Crippen molar-refractivity contribution in [3.8, 4) is 0 Å². The SMILES string of the molecule is CC1CN(c2c(CO[Si](c3ccccc3)(c3ccccc3)C(C)(C)C)cc(C(N=O)c3scnc3C(=O)N3CCOCC3)c(F)c2F)CC(C)O1. The third-order valence-corrected chi connectivity index (χ3v) is 15.5. The molecule has 270 valence electrons. The molecule has 2 aliphatic heterocycles. The van der Waals surface area contributed by atoms with Crippen LogP contribution in [0.2, 0.25) is 5.04 Å². The van der Waals surface area contributed by atoms with Gasteiger partial charge in [0.25, 0.3) is 14.2 Å². The quantitative estimate of drug-likeness (QED) is 0.137. The third kappa shape index (κ3) is 7.27. The van der Waals surface area contributed by atoms with E-state index in [9.17, 15) is 9.70 Å². The molecule has 1 amide bonds. The lowest BCUT2D eigenvalue weighted by Gasteiger charge is -2.43. The van der Waals surface area contributed by atoms with Gasteiger partial charge in [-0.05, 0) is 35.3 Å². The molecule has 0 aliphatic carbocycles. The number of aromatic nitrogens is 1. The van der Waals surface area contributed by atoms with Gasteiger partial charge in [-0.1, -0.05) is 86.6 Å². The highest BCUT2D eigenvalue weighted by molar-refractivity contribution is 7.10. The standard InChI is InChI=1S/C38H44F2N4O5SSi/c1-25-21-44(22-26(2)49-25)35-27(23-48-51(38(3,4)5,28-12-8-6-9-13-28)29-14-10-7-11-15-29)20-30(31(39)32(35)40)33(42-46)36-34(41-24-50-36)37(45)43-16-18-47-19-17-43/h6-15,20,24-26,33H,16-19,21-23H2,1-5H3. The van der Waals surface area contributed by atoms with Gasteiger partial charge in [-0.3, -0.25) is 4.79 Å². The van der Waals surface area contributed by atoms with Crippen molar-refractivity contribution in [3.63, 3.8) is 0 Å². The van der Waals surface area contributed by atoms with Crippen molar-refractivity contribution in [2.75, 3.05) is 44.3 Å². The fourth-order valence-electron chi connectivity index (χ4n) is 7.42. The summed E-state index contributed by atoms with van der Waals surface area (Å²) in [4.78, 5) is 34.0. The van der Waals surface area contributed by atoms with Gasteiger partial charge in [0.15, 0.2) is 17.7 Å². The highest BCUT2D eigenvalue weighted by Gasteiger charge is 2.50. The lowest BCUT2D eigenvalue weighted by molar-refractivity contribution is -0.00553. The predicted molar refractivity (Wildman–Crippen MR) is 197 cm³/mol. The summed E-state index contributed by atoms with van der Waals surface area (Å²) in [6.45, 7) is 12.2. The Morgan fingerprint density at radius 3 is 2.14 bits per heavy atom. The van der Waals surface area contributed by atoms with Crippen molar-refractivity contribution in [2.45, 2.75) is 64.5 Å². The topological polar surface area (TPSA) is 93.6 Å². The summed E-state index contributed by atoms with van der Waals surface area (Å²) in [5.74, 6) is -2.71. The molecule has 0 N–H and O–H groups in total. The predicted octanol–water partition coefficient (Wildman–Crippen LogP) is 6.44. The summed E-state index contributed by atoms with van der Waals surface area (Å²) in [5, 5.41) is 4.97. The Hall–Kier alpha value is -3.88. The monoisotopic (exact) mass is 734 g/mol. The van der Waals surface area contributed by atoms with Crippen LogP contribution >= 0.6 is 11.3 Å². The largest absolute Gasteiger partial charge is 0.403 e. The first-order valence-corrected chi connectivity index (χ1v) is 20.0. The molecule has 9 nitrogen and oxygen atoms in total. The molecule has 4 aromatic rings. The van der Waals surface area contributed by atoms with Gasteiger partial charge >= 0.3 is 0 Å². The number of halogens is 2. The highest BCUT2D eigenvalue weighted by Crippen LogP contribution is 2.42. The number of thiazole rings is 1.